The summed E-state index contributed by atoms with van der Waals surface area (Å²) >= 11 is 6.15. The van der Waals surface area contributed by atoms with Crippen LogP contribution in [-0.2, 0) is 6.54 Å². The van der Waals surface area contributed by atoms with Crippen molar-refractivity contribution in [3.63, 3.8) is 0 Å². The van der Waals surface area contributed by atoms with Crippen molar-refractivity contribution in [2.24, 2.45) is 0 Å². The van der Waals surface area contributed by atoms with E-state index in [1.807, 2.05) is 11.8 Å². The third kappa shape index (κ3) is 2.21. The van der Waals surface area contributed by atoms with E-state index >= 15 is 0 Å². The summed E-state index contributed by atoms with van der Waals surface area (Å²) in [6.07, 6.45) is 1.85. The zero-order valence-electron chi connectivity index (χ0n) is 6.44. The molecule has 0 aliphatic carbocycles. The first-order chi connectivity index (χ1) is 6.27. The standard InChI is InChI=1S/C7H5I2N3S/c8-6-7(9)12(3-10-6)1-5-2-13-4-11-5/h2-4H,1H2. The van der Waals surface area contributed by atoms with Gasteiger partial charge in [-0.25, -0.2) is 9.97 Å². The van der Waals surface area contributed by atoms with Crippen LogP contribution in [0.3, 0.4) is 0 Å². The van der Waals surface area contributed by atoms with Crippen LogP contribution < -0.4 is 0 Å². The number of hydrogen-bond donors (Lipinski definition) is 0. The zero-order valence-corrected chi connectivity index (χ0v) is 11.6. The van der Waals surface area contributed by atoms with Gasteiger partial charge in [0.2, 0.25) is 0 Å². The van der Waals surface area contributed by atoms with E-state index in [0.29, 0.717) is 0 Å². The first-order valence-electron chi connectivity index (χ1n) is 3.50. The molecule has 6 heteroatoms. The summed E-state index contributed by atoms with van der Waals surface area (Å²) in [4.78, 5) is 8.44. The fourth-order valence-corrected chi connectivity index (χ4v) is 2.36. The van der Waals surface area contributed by atoms with Gasteiger partial charge in [0.1, 0.15) is 7.40 Å². The molecular formula is C7H5I2N3S. The third-order valence-electron chi connectivity index (χ3n) is 1.55. The van der Waals surface area contributed by atoms with E-state index in [4.69, 9.17) is 0 Å². The van der Waals surface area contributed by atoms with Crippen LogP contribution in [0.4, 0.5) is 0 Å². The molecule has 0 bridgehead atoms. The van der Waals surface area contributed by atoms with Crippen LogP contribution >= 0.6 is 56.5 Å². The first kappa shape index (κ1) is 9.84. The molecule has 2 rings (SSSR count). The molecule has 0 aliphatic rings. The molecule has 0 N–H and O–H groups in total. The topological polar surface area (TPSA) is 30.7 Å². The summed E-state index contributed by atoms with van der Waals surface area (Å²) in [6, 6.07) is 0. The van der Waals surface area contributed by atoms with Gasteiger partial charge in [0.15, 0.2) is 0 Å². The quantitative estimate of drug-likeness (QED) is 0.704. The largest absolute Gasteiger partial charge is 0.319 e. The Labute approximate surface area is 107 Å². The number of halogens is 2. The van der Waals surface area contributed by atoms with E-state index < -0.39 is 0 Å². The molecular weight excluding hydrogens is 412 g/mol. The van der Waals surface area contributed by atoms with Crippen LogP contribution in [0.1, 0.15) is 5.69 Å². The summed E-state index contributed by atoms with van der Waals surface area (Å²) < 4.78 is 4.32. The molecule has 13 heavy (non-hydrogen) atoms. The van der Waals surface area contributed by atoms with Gasteiger partial charge in [0, 0.05) is 5.38 Å². The number of thiazole rings is 1. The minimum absolute atomic E-state index is 0.817. The lowest BCUT2D eigenvalue weighted by molar-refractivity contribution is 0.760. The average Bonchev–Trinajstić information content (AvgIpc) is 2.71. The second kappa shape index (κ2) is 4.22. The van der Waals surface area contributed by atoms with Crippen LogP contribution in [-0.4, -0.2) is 14.5 Å². The molecule has 0 aromatic carbocycles. The second-order valence-corrected chi connectivity index (χ2v) is 5.20. The molecule has 0 saturated carbocycles. The molecule has 68 valence electrons. The SMILES string of the molecule is Ic1ncn(Cc2cscn2)c1I. The van der Waals surface area contributed by atoms with Crippen molar-refractivity contribution < 1.29 is 0 Å². The summed E-state index contributed by atoms with van der Waals surface area (Å²) in [6.45, 7) is 0.817. The number of rotatable bonds is 2. The Kier molecular flexibility index (Phi) is 3.19. The van der Waals surface area contributed by atoms with Crippen LogP contribution in [0.2, 0.25) is 0 Å². The molecule has 2 aromatic rings. The lowest BCUT2D eigenvalue weighted by atomic mass is 10.5. The van der Waals surface area contributed by atoms with Crippen molar-refractivity contribution in [1.29, 1.82) is 0 Å². The highest BCUT2D eigenvalue weighted by Gasteiger charge is 2.05. The van der Waals surface area contributed by atoms with Crippen molar-refractivity contribution in [3.8, 4) is 0 Å². The molecule has 0 fully saturated rings. The van der Waals surface area contributed by atoms with E-state index in [2.05, 4.69) is 65.1 Å². The summed E-state index contributed by atoms with van der Waals surface area (Å²) in [7, 11) is 0. The van der Waals surface area contributed by atoms with E-state index in [1.165, 1.54) is 3.70 Å². The van der Waals surface area contributed by atoms with Gasteiger partial charge in [-0.1, -0.05) is 0 Å². The highest BCUT2D eigenvalue weighted by Crippen LogP contribution is 2.14. The fraction of sp³-hybridized carbons (Fsp3) is 0.143. The van der Waals surface area contributed by atoms with Crippen molar-refractivity contribution in [3.05, 3.63) is 30.3 Å². The van der Waals surface area contributed by atoms with Gasteiger partial charge in [0.05, 0.1) is 24.1 Å². The number of hydrogen-bond acceptors (Lipinski definition) is 3. The van der Waals surface area contributed by atoms with Crippen LogP contribution in [0, 0.1) is 7.40 Å². The highest BCUT2D eigenvalue weighted by molar-refractivity contribution is 14.1. The van der Waals surface area contributed by atoms with Gasteiger partial charge in [-0.05, 0) is 45.2 Å². The molecule has 0 atom stereocenters. The molecule has 2 aromatic heterocycles. The zero-order chi connectivity index (χ0) is 9.26. The van der Waals surface area contributed by atoms with Gasteiger partial charge in [-0.15, -0.1) is 11.3 Å². The van der Waals surface area contributed by atoms with E-state index in [-0.39, 0.29) is 0 Å². The Bertz CT molecular complexity index is 396. The van der Waals surface area contributed by atoms with Crippen LogP contribution in [0.25, 0.3) is 0 Å². The van der Waals surface area contributed by atoms with Gasteiger partial charge < -0.3 is 4.57 Å². The van der Waals surface area contributed by atoms with E-state index in [9.17, 15) is 0 Å². The maximum absolute atomic E-state index is 4.23. The Balaban J connectivity index is 2.24. The predicted octanol–water partition coefficient (Wildman–Crippen LogP) is 2.60. The van der Waals surface area contributed by atoms with E-state index in [1.54, 1.807) is 11.3 Å². The Morgan fingerprint density at radius 1 is 1.38 bits per heavy atom. The number of imidazole rings is 1. The molecule has 0 unspecified atom stereocenters. The van der Waals surface area contributed by atoms with Gasteiger partial charge >= 0.3 is 0 Å². The number of aromatic nitrogens is 3. The molecule has 0 spiro atoms. The lowest BCUT2D eigenvalue weighted by Gasteiger charge is -1.99. The van der Waals surface area contributed by atoms with Crippen molar-refractivity contribution in [1.82, 2.24) is 14.5 Å². The molecule has 3 nitrogen and oxygen atoms in total. The Hall–Kier alpha value is 0.300. The van der Waals surface area contributed by atoms with E-state index in [0.717, 1.165) is 15.9 Å². The molecule has 2 heterocycles. The minimum atomic E-state index is 0.817. The van der Waals surface area contributed by atoms with Crippen LogP contribution in [0.5, 0.6) is 0 Å². The number of nitrogens with zero attached hydrogens (tertiary/aromatic N) is 3. The van der Waals surface area contributed by atoms with Crippen molar-refractivity contribution >= 4 is 56.5 Å². The highest BCUT2D eigenvalue weighted by atomic mass is 127. The lowest BCUT2D eigenvalue weighted by Crippen LogP contribution is -2.00. The summed E-state index contributed by atoms with van der Waals surface area (Å²) in [5, 5.41) is 2.06. The summed E-state index contributed by atoms with van der Waals surface area (Å²) in [5.41, 5.74) is 2.95. The maximum Gasteiger partial charge on any atom is 0.132 e. The van der Waals surface area contributed by atoms with Gasteiger partial charge in [-0.3, -0.25) is 0 Å². The summed E-state index contributed by atoms with van der Waals surface area (Å²) in [5.74, 6) is 0. The Morgan fingerprint density at radius 2 is 2.23 bits per heavy atom. The maximum atomic E-state index is 4.23. The second-order valence-electron chi connectivity index (χ2n) is 2.43. The van der Waals surface area contributed by atoms with Crippen molar-refractivity contribution in [2.45, 2.75) is 6.54 Å². The molecule has 0 aliphatic heterocycles. The average molecular weight is 417 g/mol. The van der Waals surface area contributed by atoms with Gasteiger partial charge in [-0.2, -0.15) is 0 Å². The first-order valence-corrected chi connectivity index (χ1v) is 6.60. The predicted molar refractivity (Wildman–Crippen MR) is 68.9 cm³/mol. The molecule has 0 saturated heterocycles. The van der Waals surface area contributed by atoms with Crippen molar-refractivity contribution in [2.75, 3.05) is 0 Å². The molecule has 0 amide bonds. The third-order valence-corrected chi connectivity index (χ3v) is 5.14. The normalized spacial score (nSPS) is 10.6. The fourth-order valence-electron chi connectivity index (χ4n) is 0.943. The Morgan fingerprint density at radius 3 is 2.77 bits per heavy atom. The smallest absolute Gasteiger partial charge is 0.132 e. The minimum Gasteiger partial charge on any atom is -0.319 e. The van der Waals surface area contributed by atoms with Crippen LogP contribution in [0.15, 0.2) is 17.2 Å². The van der Waals surface area contributed by atoms with Gasteiger partial charge in [0.25, 0.3) is 0 Å². The molecule has 0 radical (unpaired) electrons. The monoisotopic (exact) mass is 417 g/mol.